The third-order valence-electron chi connectivity index (χ3n) is 3.79. The Balaban J connectivity index is 2.57. The molecule has 1 fully saturated rings. The molecule has 90 valence electrons. The Morgan fingerprint density at radius 1 is 1.33 bits per heavy atom. The van der Waals surface area contributed by atoms with Gasteiger partial charge < -0.3 is 5.73 Å². The fraction of sp³-hybridized carbons (Fsp3) is 1.00. The van der Waals surface area contributed by atoms with E-state index < -0.39 is 0 Å². The van der Waals surface area contributed by atoms with Crippen LogP contribution in [0.1, 0.15) is 53.4 Å². The lowest BCUT2D eigenvalue weighted by Crippen LogP contribution is -2.48. The van der Waals surface area contributed by atoms with Gasteiger partial charge in [-0.3, -0.25) is 4.90 Å². The lowest BCUT2D eigenvalue weighted by atomic mass is 9.99. The number of likely N-dealkylation sites (tertiary alicyclic amines) is 1. The van der Waals surface area contributed by atoms with Gasteiger partial charge in [-0.05, 0) is 32.1 Å². The Kier molecular flexibility index (Phi) is 5.07. The molecule has 4 atom stereocenters. The molecule has 1 rings (SSSR count). The van der Waals surface area contributed by atoms with Crippen molar-refractivity contribution in [2.45, 2.75) is 71.5 Å². The van der Waals surface area contributed by atoms with Crippen molar-refractivity contribution in [3.63, 3.8) is 0 Å². The summed E-state index contributed by atoms with van der Waals surface area (Å²) in [4.78, 5) is 2.64. The molecular formula is C13H28N2. The predicted molar refractivity (Wildman–Crippen MR) is 66.9 cm³/mol. The summed E-state index contributed by atoms with van der Waals surface area (Å²) in [6, 6.07) is 1.70. The Labute approximate surface area is 95.2 Å². The maximum atomic E-state index is 6.28. The van der Waals surface area contributed by atoms with E-state index in [0.717, 1.165) is 18.4 Å². The van der Waals surface area contributed by atoms with Crippen LogP contribution in [0.3, 0.4) is 0 Å². The Morgan fingerprint density at radius 2 is 2.00 bits per heavy atom. The van der Waals surface area contributed by atoms with Gasteiger partial charge in [0.1, 0.15) is 0 Å². The van der Waals surface area contributed by atoms with E-state index in [1.807, 2.05) is 0 Å². The van der Waals surface area contributed by atoms with Crippen LogP contribution >= 0.6 is 0 Å². The highest BCUT2D eigenvalue weighted by atomic mass is 15.2. The number of nitrogens with two attached hydrogens (primary N) is 1. The molecule has 0 bridgehead atoms. The first-order chi connectivity index (χ1) is 7.10. The molecule has 2 heteroatoms. The van der Waals surface area contributed by atoms with E-state index in [2.05, 4.69) is 32.6 Å². The van der Waals surface area contributed by atoms with Crippen molar-refractivity contribution in [1.82, 2.24) is 4.90 Å². The second kappa shape index (κ2) is 5.86. The number of hydrogen-bond acceptors (Lipinski definition) is 2. The first-order valence-corrected chi connectivity index (χ1v) is 6.61. The van der Waals surface area contributed by atoms with E-state index in [-0.39, 0.29) is 0 Å². The monoisotopic (exact) mass is 212 g/mol. The van der Waals surface area contributed by atoms with Gasteiger partial charge in [-0.15, -0.1) is 0 Å². The fourth-order valence-electron chi connectivity index (χ4n) is 3.10. The van der Waals surface area contributed by atoms with Crippen LogP contribution in [0.15, 0.2) is 0 Å². The van der Waals surface area contributed by atoms with Crippen LogP contribution in [-0.4, -0.2) is 29.6 Å². The summed E-state index contributed by atoms with van der Waals surface area (Å²) in [5, 5.41) is 0. The summed E-state index contributed by atoms with van der Waals surface area (Å²) in [5.41, 5.74) is 6.28. The highest BCUT2D eigenvalue weighted by Crippen LogP contribution is 2.27. The summed E-state index contributed by atoms with van der Waals surface area (Å²) in [6.45, 7) is 10.5. The zero-order valence-electron chi connectivity index (χ0n) is 10.9. The molecule has 1 aliphatic rings. The molecule has 2 N–H and O–H groups in total. The minimum atomic E-state index is 0.368. The van der Waals surface area contributed by atoms with E-state index in [4.69, 9.17) is 5.73 Å². The van der Waals surface area contributed by atoms with Crippen molar-refractivity contribution >= 4 is 0 Å². The molecule has 0 aromatic carbocycles. The minimum absolute atomic E-state index is 0.368. The molecular weight excluding hydrogens is 184 g/mol. The highest BCUT2D eigenvalue weighted by molar-refractivity contribution is 4.89. The van der Waals surface area contributed by atoms with E-state index in [9.17, 15) is 0 Å². The highest BCUT2D eigenvalue weighted by Gasteiger charge is 2.33. The van der Waals surface area contributed by atoms with Gasteiger partial charge in [-0.2, -0.15) is 0 Å². The van der Waals surface area contributed by atoms with Gasteiger partial charge in [0, 0.05) is 24.7 Å². The van der Waals surface area contributed by atoms with Crippen molar-refractivity contribution in [2.75, 3.05) is 6.54 Å². The van der Waals surface area contributed by atoms with Gasteiger partial charge in [-0.1, -0.05) is 27.2 Å². The Hall–Kier alpha value is -0.0800. The van der Waals surface area contributed by atoms with Crippen molar-refractivity contribution in [1.29, 1.82) is 0 Å². The van der Waals surface area contributed by atoms with Crippen molar-refractivity contribution in [2.24, 2.45) is 11.7 Å². The summed E-state index contributed by atoms with van der Waals surface area (Å²) in [5.74, 6) is 0.850. The third-order valence-corrected chi connectivity index (χ3v) is 3.79. The average molecular weight is 212 g/mol. The van der Waals surface area contributed by atoms with Gasteiger partial charge in [-0.25, -0.2) is 0 Å². The quantitative estimate of drug-likeness (QED) is 0.759. The first-order valence-electron chi connectivity index (χ1n) is 6.61. The number of rotatable bonds is 5. The van der Waals surface area contributed by atoms with Crippen LogP contribution in [0.2, 0.25) is 0 Å². The number of nitrogens with zero attached hydrogens (tertiary/aromatic N) is 1. The molecule has 0 aromatic heterocycles. The van der Waals surface area contributed by atoms with Gasteiger partial charge >= 0.3 is 0 Å². The van der Waals surface area contributed by atoms with Gasteiger partial charge in [0.05, 0.1) is 0 Å². The van der Waals surface area contributed by atoms with Crippen LogP contribution in [0.25, 0.3) is 0 Å². The number of hydrogen-bond donors (Lipinski definition) is 1. The largest absolute Gasteiger partial charge is 0.326 e. The van der Waals surface area contributed by atoms with E-state index in [1.165, 1.54) is 25.8 Å². The van der Waals surface area contributed by atoms with Crippen LogP contribution in [-0.2, 0) is 0 Å². The molecule has 0 spiro atoms. The third kappa shape index (κ3) is 3.18. The molecule has 0 radical (unpaired) electrons. The van der Waals surface area contributed by atoms with E-state index in [0.29, 0.717) is 12.1 Å². The van der Waals surface area contributed by atoms with E-state index in [1.54, 1.807) is 0 Å². The summed E-state index contributed by atoms with van der Waals surface area (Å²) >= 11 is 0. The molecule has 1 heterocycles. The lowest BCUT2D eigenvalue weighted by Gasteiger charge is -2.35. The summed E-state index contributed by atoms with van der Waals surface area (Å²) in [7, 11) is 0. The van der Waals surface area contributed by atoms with Gasteiger partial charge in [0.15, 0.2) is 0 Å². The molecule has 2 nitrogen and oxygen atoms in total. The lowest BCUT2D eigenvalue weighted by molar-refractivity contribution is 0.153. The maximum Gasteiger partial charge on any atom is 0.0247 e. The van der Waals surface area contributed by atoms with Crippen LogP contribution in [0, 0.1) is 5.92 Å². The van der Waals surface area contributed by atoms with Crippen molar-refractivity contribution in [3.8, 4) is 0 Å². The van der Waals surface area contributed by atoms with Crippen molar-refractivity contribution in [3.05, 3.63) is 0 Å². The summed E-state index contributed by atoms with van der Waals surface area (Å²) < 4.78 is 0. The smallest absolute Gasteiger partial charge is 0.0247 e. The topological polar surface area (TPSA) is 29.3 Å². The second-order valence-electron chi connectivity index (χ2n) is 5.31. The van der Waals surface area contributed by atoms with Gasteiger partial charge in [0.25, 0.3) is 0 Å². The van der Waals surface area contributed by atoms with Gasteiger partial charge in [0.2, 0.25) is 0 Å². The minimum Gasteiger partial charge on any atom is -0.326 e. The average Bonchev–Trinajstić information content (AvgIpc) is 2.47. The standard InChI is InChI=1S/C13H28N2/c1-5-7-12(14)13(6-2)15-9-10(3)8-11(15)4/h10-13H,5-9,14H2,1-4H3. The maximum absolute atomic E-state index is 6.28. The Morgan fingerprint density at radius 3 is 2.40 bits per heavy atom. The van der Waals surface area contributed by atoms with Crippen molar-refractivity contribution < 1.29 is 0 Å². The van der Waals surface area contributed by atoms with Crippen LogP contribution in [0.4, 0.5) is 0 Å². The molecule has 0 aromatic rings. The summed E-state index contributed by atoms with van der Waals surface area (Å²) in [6.07, 6.45) is 4.90. The zero-order valence-corrected chi connectivity index (χ0v) is 10.9. The zero-order chi connectivity index (χ0) is 11.4. The van der Waals surface area contributed by atoms with Crippen LogP contribution in [0.5, 0.6) is 0 Å². The van der Waals surface area contributed by atoms with E-state index >= 15 is 0 Å². The second-order valence-corrected chi connectivity index (χ2v) is 5.31. The molecule has 1 saturated heterocycles. The molecule has 4 unspecified atom stereocenters. The molecule has 0 aliphatic carbocycles. The predicted octanol–water partition coefficient (Wildman–Crippen LogP) is 2.62. The first kappa shape index (κ1) is 13.0. The molecule has 0 saturated carbocycles. The molecule has 15 heavy (non-hydrogen) atoms. The van der Waals surface area contributed by atoms with Crippen LogP contribution < -0.4 is 5.73 Å². The fourth-order valence-corrected chi connectivity index (χ4v) is 3.10. The molecule has 0 amide bonds. The SMILES string of the molecule is CCCC(N)C(CC)N1CC(C)CC1C. The Bertz CT molecular complexity index is 181. The molecule has 1 aliphatic heterocycles. The normalized spacial score (nSPS) is 31.8.